The van der Waals surface area contributed by atoms with Crippen molar-refractivity contribution in [3.8, 4) is 0 Å². The van der Waals surface area contributed by atoms with Crippen molar-refractivity contribution in [1.29, 1.82) is 0 Å². The lowest BCUT2D eigenvalue weighted by molar-refractivity contribution is -0.353. The largest absolute Gasteiger partial charge is 0.368 e. The zero-order chi connectivity index (χ0) is 17.6. The van der Waals surface area contributed by atoms with Crippen LogP contribution in [0.25, 0.3) is 0 Å². The summed E-state index contributed by atoms with van der Waals surface area (Å²) in [6.07, 6.45) is 2.88. The van der Waals surface area contributed by atoms with Gasteiger partial charge in [0.25, 0.3) is 0 Å². The maximum Gasteiger partial charge on any atom is 0.184 e. The van der Waals surface area contributed by atoms with Crippen LogP contribution < -0.4 is 0 Å². The van der Waals surface area contributed by atoms with Gasteiger partial charge in [-0.25, -0.2) is 0 Å². The lowest BCUT2D eigenvalue weighted by Crippen LogP contribution is -2.59. The second kappa shape index (κ2) is 8.74. The van der Waals surface area contributed by atoms with Crippen molar-refractivity contribution < 1.29 is 23.7 Å². The minimum absolute atomic E-state index is 0.0660. The third kappa shape index (κ3) is 4.02. The van der Waals surface area contributed by atoms with Crippen LogP contribution in [0.15, 0.2) is 55.6 Å². The molecule has 0 aliphatic carbocycles. The Morgan fingerprint density at radius 1 is 1.16 bits per heavy atom. The van der Waals surface area contributed by atoms with Crippen LogP contribution in [0.3, 0.4) is 0 Å². The van der Waals surface area contributed by atoms with Gasteiger partial charge in [-0.3, -0.25) is 0 Å². The van der Waals surface area contributed by atoms with Crippen LogP contribution in [0.5, 0.6) is 0 Å². The number of hydrogen-bond donors (Lipinski definition) is 0. The fourth-order valence-corrected chi connectivity index (χ4v) is 3.50. The molecule has 5 nitrogen and oxygen atoms in total. The van der Waals surface area contributed by atoms with Crippen molar-refractivity contribution in [1.82, 2.24) is 0 Å². The van der Waals surface area contributed by atoms with E-state index in [0.717, 1.165) is 12.0 Å². The van der Waals surface area contributed by atoms with Gasteiger partial charge in [-0.1, -0.05) is 42.5 Å². The molecule has 0 unspecified atom stereocenters. The molecule has 25 heavy (non-hydrogen) atoms. The van der Waals surface area contributed by atoms with Crippen LogP contribution in [-0.2, 0) is 23.7 Å². The van der Waals surface area contributed by atoms with E-state index >= 15 is 0 Å². The van der Waals surface area contributed by atoms with Crippen molar-refractivity contribution >= 4 is 0 Å². The Balaban J connectivity index is 1.81. The first-order valence-corrected chi connectivity index (χ1v) is 8.62. The number of hydrogen-bond acceptors (Lipinski definition) is 5. The molecule has 0 spiro atoms. The molecule has 0 radical (unpaired) electrons. The topological polar surface area (TPSA) is 46.2 Å². The van der Waals surface area contributed by atoms with Crippen molar-refractivity contribution in [2.24, 2.45) is 5.92 Å². The van der Waals surface area contributed by atoms with Gasteiger partial charge < -0.3 is 23.7 Å². The van der Waals surface area contributed by atoms with Gasteiger partial charge in [-0.15, -0.1) is 13.2 Å². The number of allylic oxidation sites excluding steroid dienone is 1. The fraction of sp³-hybridized carbons (Fsp3) is 0.500. The van der Waals surface area contributed by atoms with E-state index in [2.05, 4.69) is 13.2 Å². The van der Waals surface area contributed by atoms with Crippen molar-refractivity contribution in [3.63, 3.8) is 0 Å². The van der Waals surface area contributed by atoms with Gasteiger partial charge >= 0.3 is 0 Å². The van der Waals surface area contributed by atoms with Crippen LogP contribution in [0, 0.1) is 5.92 Å². The molecular formula is C20H26O5. The van der Waals surface area contributed by atoms with Crippen molar-refractivity contribution in [2.75, 3.05) is 20.3 Å². The third-order valence-electron chi connectivity index (χ3n) is 4.63. The quantitative estimate of drug-likeness (QED) is 0.709. The van der Waals surface area contributed by atoms with Gasteiger partial charge in [0.05, 0.1) is 19.3 Å². The maximum absolute atomic E-state index is 6.29. The van der Waals surface area contributed by atoms with E-state index in [1.807, 2.05) is 36.4 Å². The average molecular weight is 346 g/mol. The second-order valence-electron chi connectivity index (χ2n) is 6.23. The highest BCUT2D eigenvalue weighted by molar-refractivity contribution is 5.16. The molecule has 3 rings (SSSR count). The summed E-state index contributed by atoms with van der Waals surface area (Å²) in [5.41, 5.74) is 0.996. The number of methoxy groups -OCH3 is 1. The summed E-state index contributed by atoms with van der Waals surface area (Å²) in [5, 5.41) is 0. The zero-order valence-electron chi connectivity index (χ0n) is 14.6. The van der Waals surface area contributed by atoms with Gasteiger partial charge in [-0.2, -0.15) is 0 Å². The van der Waals surface area contributed by atoms with E-state index in [0.29, 0.717) is 13.2 Å². The molecule has 1 aromatic rings. The minimum atomic E-state index is -0.466. The van der Waals surface area contributed by atoms with E-state index < -0.39 is 12.6 Å². The van der Waals surface area contributed by atoms with Crippen molar-refractivity contribution in [2.45, 2.75) is 37.3 Å². The Bertz CT molecular complexity index is 560. The van der Waals surface area contributed by atoms with Crippen LogP contribution in [0.2, 0.25) is 0 Å². The predicted octanol–water partition coefficient (Wildman–Crippen LogP) is 3.24. The van der Waals surface area contributed by atoms with E-state index in [1.54, 1.807) is 13.2 Å². The first kappa shape index (κ1) is 18.3. The minimum Gasteiger partial charge on any atom is -0.368 e. The Labute approximate surface area is 149 Å². The molecule has 0 saturated carbocycles. The number of ether oxygens (including phenoxy) is 5. The number of benzene rings is 1. The second-order valence-corrected chi connectivity index (χ2v) is 6.23. The van der Waals surface area contributed by atoms with Crippen LogP contribution in [0.4, 0.5) is 0 Å². The van der Waals surface area contributed by atoms with E-state index in [-0.39, 0.29) is 24.2 Å². The fourth-order valence-electron chi connectivity index (χ4n) is 3.50. The molecular weight excluding hydrogens is 320 g/mol. The Kier molecular flexibility index (Phi) is 6.39. The molecule has 0 aromatic heterocycles. The van der Waals surface area contributed by atoms with Crippen LogP contribution >= 0.6 is 0 Å². The highest BCUT2D eigenvalue weighted by Gasteiger charge is 2.49. The molecule has 6 atom stereocenters. The van der Waals surface area contributed by atoms with Gasteiger partial charge in [0.15, 0.2) is 12.6 Å². The number of rotatable bonds is 7. The van der Waals surface area contributed by atoms with Gasteiger partial charge in [0.1, 0.15) is 12.2 Å². The molecule has 2 heterocycles. The van der Waals surface area contributed by atoms with Crippen LogP contribution in [0.1, 0.15) is 18.3 Å². The third-order valence-corrected chi connectivity index (χ3v) is 4.63. The van der Waals surface area contributed by atoms with Gasteiger partial charge in [0.2, 0.25) is 0 Å². The van der Waals surface area contributed by atoms with Crippen molar-refractivity contribution in [3.05, 3.63) is 61.2 Å². The first-order chi connectivity index (χ1) is 12.3. The summed E-state index contributed by atoms with van der Waals surface area (Å²) < 4.78 is 29.7. The first-order valence-electron chi connectivity index (χ1n) is 8.62. The summed E-state index contributed by atoms with van der Waals surface area (Å²) in [6.45, 7) is 8.49. The molecule has 5 heteroatoms. The zero-order valence-corrected chi connectivity index (χ0v) is 14.6. The molecule has 2 aliphatic heterocycles. The van der Waals surface area contributed by atoms with Gasteiger partial charge in [0, 0.05) is 18.6 Å². The lowest BCUT2D eigenvalue weighted by atomic mass is 9.85. The highest BCUT2D eigenvalue weighted by Crippen LogP contribution is 2.39. The van der Waals surface area contributed by atoms with E-state index in [9.17, 15) is 0 Å². The maximum atomic E-state index is 6.29. The summed E-state index contributed by atoms with van der Waals surface area (Å²) in [6, 6.07) is 9.93. The molecule has 136 valence electrons. The smallest absolute Gasteiger partial charge is 0.184 e. The molecule has 0 N–H and O–H groups in total. The van der Waals surface area contributed by atoms with E-state index in [4.69, 9.17) is 23.7 Å². The van der Waals surface area contributed by atoms with Gasteiger partial charge in [-0.05, 0) is 6.42 Å². The molecule has 1 aromatic carbocycles. The summed E-state index contributed by atoms with van der Waals surface area (Å²) in [4.78, 5) is 0. The Morgan fingerprint density at radius 3 is 2.64 bits per heavy atom. The Hall–Kier alpha value is -1.50. The normalized spacial score (nSPS) is 34.9. The molecule has 2 aliphatic rings. The van der Waals surface area contributed by atoms with E-state index in [1.165, 1.54) is 0 Å². The lowest BCUT2D eigenvalue weighted by Gasteiger charge is -2.49. The monoisotopic (exact) mass is 346 g/mol. The molecule has 2 saturated heterocycles. The SMILES string of the molecule is C=CCO[C@H]1[C@@H](OC)O[C@@H]2CO[C@@H](c3ccccc3)O[C@H]2[C@@H]1CC=C. The molecule has 0 amide bonds. The van der Waals surface area contributed by atoms with Crippen LogP contribution in [-0.4, -0.2) is 44.9 Å². The Morgan fingerprint density at radius 2 is 1.96 bits per heavy atom. The highest BCUT2D eigenvalue weighted by atomic mass is 16.7. The summed E-state index contributed by atoms with van der Waals surface area (Å²) in [5.74, 6) is 0.0660. The molecule has 2 fully saturated rings. The standard InChI is InChI=1S/C20H26O5/c1-4-9-15-17-16(24-20(21-3)18(15)22-12-5-2)13-23-19(25-17)14-10-7-6-8-11-14/h4-8,10-11,15-20H,1-2,9,12-13H2,3H3/t15-,16+,17-,18+,19+,20-/m0/s1. The molecule has 0 bridgehead atoms. The summed E-state index contributed by atoms with van der Waals surface area (Å²) in [7, 11) is 1.62. The predicted molar refractivity (Wildman–Crippen MR) is 93.9 cm³/mol. The average Bonchev–Trinajstić information content (AvgIpc) is 2.67. The number of fused-ring (bicyclic) bond motifs is 1. The summed E-state index contributed by atoms with van der Waals surface area (Å²) >= 11 is 0.